The Bertz CT molecular complexity index is 350. The van der Waals surface area contributed by atoms with Crippen LogP contribution in [0.3, 0.4) is 0 Å². The SMILES string of the molecule is C#Cc1cccc(C(C)CO)c1OC. The van der Waals surface area contributed by atoms with Crippen LogP contribution in [0.25, 0.3) is 0 Å². The van der Waals surface area contributed by atoms with Crippen molar-refractivity contribution in [3.05, 3.63) is 29.3 Å². The molecule has 0 saturated heterocycles. The Morgan fingerprint density at radius 2 is 2.29 bits per heavy atom. The van der Waals surface area contributed by atoms with Crippen molar-refractivity contribution in [2.45, 2.75) is 12.8 Å². The Morgan fingerprint density at radius 1 is 1.57 bits per heavy atom. The molecule has 0 aliphatic heterocycles. The second kappa shape index (κ2) is 4.69. The highest BCUT2D eigenvalue weighted by Gasteiger charge is 2.12. The van der Waals surface area contributed by atoms with E-state index in [1.807, 2.05) is 25.1 Å². The van der Waals surface area contributed by atoms with Crippen molar-refractivity contribution in [2.24, 2.45) is 0 Å². The Labute approximate surface area is 84.5 Å². The van der Waals surface area contributed by atoms with Crippen LogP contribution in [-0.2, 0) is 0 Å². The van der Waals surface area contributed by atoms with Gasteiger partial charge < -0.3 is 9.84 Å². The normalized spacial score (nSPS) is 11.9. The van der Waals surface area contributed by atoms with Crippen molar-refractivity contribution < 1.29 is 9.84 Å². The lowest BCUT2D eigenvalue weighted by Crippen LogP contribution is -2.03. The van der Waals surface area contributed by atoms with Gasteiger partial charge in [-0.15, -0.1) is 6.42 Å². The molecule has 74 valence electrons. The van der Waals surface area contributed by atoms with E-state index in [-0.39, 0.29) is 12.5 Å². The minimum Gasteiger partial charge on any atom is -0.495 e. The van der Waals surface area contributed by atoms with Crippen LogP contribution < -0.4 is 4.74 Å². The number of ether oxygens (including phenoxy) is 1. The van der Waals surface area contributed by atoms with Gasteiger partial charge in [-0.25, -0.2) is 0 Å². The predicted molar refractivity (Wildman–Crippen MR) is 56.4 cm³/mol. The van der Waals surface area contributed by atoms with E-state index in [9.17, 15) is 0 Å². The Balaban J connectivity index is 3.23. The molecule has 0 spiro atoms. The van der Waals surface area contributed by atoms with E-state index >= 15 is 0 Å². The molecule has 0 fully saturated rings. The maximum absolute atomic E-state index is 9.06. The fraction of sp³-hybridized carbons (Fsp3) is 0.333. The molecule has 0 heterocycles. The van der Waals surface area contributed by atoms with Gasteiger partial charge >= 0.3 is 0 Å². The third kappa shape index (κ3) is 1.89. The average Bonchev–Trinajstić information content (AvgIpc) is 2.26. The van der Waals surface area contributed by atoms with Crippen LogP contribution in [0.15, 0.2) is 18.2 Å². The zero-order valence-electron chi connectivity index (χ0n) is 8.45. The molecule has 0 aliphatic rings. The third-order valence-corrected chi connectivity index (χ3v) is 2.21. The summed E-state index contributed by atoms with van der Waals surface area (Å²) in [6.45, 7) is 2.02. The van der Waals surface area contributed by atoms with Gasteiger partial charge in [-0.1, -0.05) is 25.0 Å². The van der Waals surface area contributed by atoms with E-state index < -0.39 is 0 Å². The Kier molecular flexibility index (Phi) is 3.55. The maximum atomic E-state index is 9.06. The van der Waals surface area contributed by atoms with E-state index in [1.165, 1.54) is 0 Å². The van der Waals surface area contributed by atoms with Crippen molar-refractivity contribution in [1.29, 1.82) is 0 Å². The van der Waals surface area contributed by atoms with Crippen molar-refractivity contribution in [3.8, 4) is 18.1 Å². The van der Waals surface area contributed by atoms with Crippen molar-refractivity contribution in [2.75, 3.05) is 13.7 Å². The van der Waals surface area contributed by atoms with Gasteiger partial charge in [0.05, 0.1) is 12.7 Å². The smallest absolute Gasteiger partial charge is 0.138 e. The third-order valence-electron chi connectivity index (χ3n) is 2.21. The first-order valence-electron chi connectivity index (χ1n) is 4.49. The first kappa shape index (κ1) is 10.6. The zero-order chi connectivity index (χ0) is 10.6. The van der Waals surface area contributed by atoms with Gasteiger partial charge in [0, 0.05) is 18.1 Å². The van der Waals surface area contributed by atoms with Gasteiger partial charge in [0.2, 0.25) is 0 Å². The van der Waals surface area contributed by atoms with E-state index in [4.69, 9.17) is 16.3 Å². The standard InChI is InChI=1S/C12H14O2/c1-4-10-6-5-7-11(9(2)8-13)12(10)14-3/h1,5-7,9,13H,8H2,2-3H3. The first-order valence-corrected chi connectivity index (χ1v) is 4.49. The quantitative estimate of drug-likeness (QED) is 0.736. The molecule has 1 N–H and O–H groups in total. The van der Waals surface area contributed by atoms with Gasteiger partial charge in [-0.05, 0) is 6.07 Å². The Hall–Kier alpha value is -1.46. The zero-order valence-corrected chi connectivity index (χ0v) is 8.45. The second-order valence-electron chi connectivity index (χ2n) is 3.16. The van der Waals surface area contributed by atoms with Gasteiger partial charge in [0.1, 0.15) is 5.75 Å². The first-order chi connectivity index (χ1) is 6.74. The van der Waals surface area contributed by atoms with Crippen LogP contribution in [0, 0.1) is 12.3 Å². The summed E-state index contributed by atoms with van der Waals surface area (Å²) < 4.78 is 5.24. The molecule has 14 heavy (non-hydrogen) atoms. The Morgan fingerprint density at radius 3 is 2.79 bits per heavy atom. The van der Waals surface area contributed by atoms with E-state index in [2.05, 4.69) is 5.92 Å². The molecule has 1 atom stereocenters. The van der Waals surface area contributed by atoms with Crippen LogP contribution >= 0.6 is 0 Å². The minimum absolute atomic E-state index is 0.0400. The van der Waals surface area contributed by atoms with Crippen molar-refractivity contribution in [1.82, 2.24) is 0 Å². The largest absolute Gasteiger partial charge is 0.495 e. The molecular formula is C12H14O2. The molecule has 2 nitrogen and oxygen atoms in total. The van der Waals surface area contributed by atoms with Crippen molar-refractivity contribution >= 4 is 0 Å². The van der Waals surface area contributed by atoms with Gasteiger partial charge in [0.25, 0.3) is 0 Å². The summed E-state index contributed by atoms with van der Waals surface area (Å²) in [5, 5.41) is 9.06. The van der Waals surface area contributed by atoms with Crippen LogP contribution in [0.1, 0.15) is 24.0 Å². The molecule has 0 radical (unpaired) electrons. The second-order valence-corrected chi connectivity index (χ2v) is 3.16. The number of aliphatic hydroxyl groups excluding tert-OH is 1. The summed E-state index contributed by atoms with van der Waals surface area (Å²) in [4.78, 5) is 0. The highest BCUT2D eigenvalue weighted by molar-refractivity contribution is 5.51. The molecule has 0 saturated carbocycles. The van der Waals surface area contributed by atoms with Gasteiger partial charge in [0.15, 0.2) is 0 Å². The molecule has 1 unspecified atom stereocenters. The molecule has 0 aliphatic carbocycles. The summed E-state index contributed by atoms with van der Waals surface area (Å²) in [6.07, 6.45) is 5.34. The number of rotatable bonds is 3. The highest BCUT2D eigenvalue weighted by Crippen LogP contribution is 2.29. The lowest BCUT2D eigenvalue weighted by molar-refractivity contribution is 0.269. The molecule has 2 heteroatoms. The molecule has 0 aromatic heterocycles. The number of hydrogen-bond acceptors (Lipinski definition) is 2. The number of aliphatic hydroxyl groups is 1. The van der Waals surface area contributed by atoms with Crippen molar-refractivity contribution in [3.63, 3.8) is 0 Å². The molecule has 0 amide bonds. The summed E-state index contributed by atoms with van der Waals surface area (Å²) >= 11 is 0. The molecule has 0 bridgehead atoms. The van der Waals surface area contributed by atoms with Crippen LogP contribution in [0.4, 0.5) is 0 Å². The topological polar surface area (TPSA) is 29.5 Å². The van der Waals surface area contributed by atoms with E-state index in [1.54, 1.807) is 7.11 Å². The summed E-state index contributed by atoms with van der Waals surface area (Å²) in [5.41, 5.74) is 1.68. The summed E-state index contributed by atoms with van der Waals surface area (Å²) in [6, 6.07) is 5.62. The predicted octanol–water partition coefficient (Wildman–Crippen LogP) is 1.77. The number of para-hydroxylation sites is 1. The lowest BCUT2D eigenvalue weighted by atomic mass is 9.98. The fourth-order valence-electron chi connectivity index (χ4n) is 1.38. The number of hydrogen-bond donors (Lipinski definition) is 1. The van der Waals surface area contributed by atoms with Gasteiger partial charge in [-0.3, -0.25) is 0 Å². The maximum Gasteiger partial charge on any atom is 0.138 e. The fourth-order valence-corrected chi connectivity index (χ4v) is 1.38. The minimum atomic E-state index is 0.0400. The highest BCUT2D eigenvalue weighted by atomic mass is 16.5. The molecule has 1 rings (SSSR count). The number of terminal acetylenes is 1. The number of benzene rings is 1. The van der Waals surface area contributed by atoms with Crippen LogP contribution in [-0.4, -0.2) is 18.8 Å². The summed E-state index contributed by atoms with van der Waals surface area (Å²) in [5.74, 6) is 3.29. The van der Waals surface area contributed by atoms with Gasteiger partial charge in [-0.2, -0.15) is 0 Å². The molecule has 1 aromatic rings. The monoisotopic (exact) mass is 190 g/mol. The van der Waals surface area contributed by atoms with Crippen LogP contribution in [0.5, 0.6) is 5.75 Å². The molecule has 1 aromatic carbocycles. The lowest BCUT2D eigenvalue weighted by Gasteiger charge is -2.14. The average molecular weight is 190 g/mol. The summed E-state index contributed by atoms with van der Waals surface area (Å²) in [7, 11) is 1.59. The van der Waals surface area contributed by atoms with Crippen LogP contribution in [0.2, 0.25) is 0 Å². The number of methoxy groups -OCH3 is 1. The van der Waals surface area contributed by atoms with E-state index in [0.29, 0.717) is 5.75 Å². The van der Waals surface area contributed by atoms with E-state index in [0.717, 1.165) is 11.1 Å². The molecular weight excluding hydrogens is 176 g/mol.